The zero-order chi connectivity index (χ0) is 14.6. The van der Waals surface area contributed by atoms with Gasteiger partial charge in [-0.1, -0.05) is 44.9 Å². The molecule has 0 aromatic rings. The maximum atomic E-state index is 11.5. The van der Waals surface area contributed by atoms with E-state index in [2.05, 4.69) is 10.6 Å². The Morgan fingerprint density at radius 2 is 1.80 bits per heavy atom. The average molecular weight is 284 g/mol. The Balaban J connectivity index is 1.97. The first-order valence-corrected chi connectivity index (χ1v) is 7.86. The lowest BCUT2D eigenvalue weighted by Gasteiger charge is -2.21. The molecule has 0 aliphatic heterocycles. The number of nitrogens with one attached hydrogen (secondary N) is 2. The van der Waals surface area contributed by atoms with Crippen molar-refractivity contribution in [3.05, 3.63) is 0 Å². The lowest BCUT2D eigenvalue weighted by atomic mass is 9.85. The molecule has 2 amide bonds. The van der Waals surface area contributed by atoms with Crippen LogP contribution in [0.25, 0.3) is 0 Å². The summed E-state index contributed by atoms with van der Waals surface area (Å²) in [5.74, 6) is 0.344. The van der Waals surface area contributed by atoms with E-state index in [4.69, 9.17) is 5.11 Å². The lowest BCUT2D eigenvalue weighted by molar-refractivity contribution is -0.130. The van der Waals surface area contributed by atoms with Crippen LogP contribution in [-0.2, 0) is 9.59 Å². The van der Waals surface area contributed by atoms with E-state index in [9.17, 15) is 9.59 Å². The van der Waals surface area contributed by atoms with E-state index in [1.807, 2.05) is 0 Å². The standard InChI is InChI=1S/C15H28N2O3/c18-11-10-16-12-15(20)17-14(19)9-5-4-8-13-6-2-1-3-7-13/h13,16,18H,1-12H2,(H,17,19,20). The number of carbonyl (C=O) groups excluding carboxylic acids is 2. The number of unbranched alkanes of at least 4 members (excludes halogenated alkanes) is 1. The van der Waals surface area contributed by atoms with E-state index in [0.717, 1.165) is 18.8 Å². The van der Waals surface area contributed by atoms with Crippen molar-refractivity contribution in [3.63, 3.8) is 0 Å². The van der Waals surface area contributed by atoms with E-state index < -0.39 is 0 Å². The zero-order valence-corrected chi connectivity index (χ0v) is 12.3. The highest BCUT2D eigenvalue weighted by atomic mass is 16.3. The molecule has 0 unspecified atom stereocenters. The third-order valence-corrected chi connectivity index (χ3v) is 3.84. The van der Waals surface area contributed by atoms with Crippen molar-refractivity contribution in [1.82, 2.24) is 10.6 Å². The van der Waals surface area contributed by atoms with Gasteiger partial charge in [0.2, 0.25) is 11.8 Å². The Kier molecular flexibility index (Phi) is 9.24. The van der Waals surface area contributed by atoms with Gasteiger partial charge < -0.3 is 10.4 Å². The largest absolute Gasteiger partial charge is 0.395 e. The SMILES string of the molecule is O=C(CCCCC1CCCCC1)NC(=O)CNCCO. The number of amides is 2. The lowest BCUT2D eigenvalue weighted by Crippen LogP contribution is -2.38. The normalized spacial score (nSPS) is 16.1. The summed E-state index contributed by atoms with van der Waals surface area (Å²) in [6, 6.07) is 0. The fourth-order valence-corrected chi connectivity index (χ4v) is 2.74. The number of aliphatic hydroxyl groups excluding tert-OH is 1. The van der Waals surface area contributed by atoms with Gasteiger partial charge in [0, 0.05) is 13.0 Å². The van der Waals surface area contributed by atoms with Crippen LogP contribution in [-0.4, -0.2) is 36.6 Å². The number of hydrogen-bond donors (Lipinski definition) is 3. The second-order valence-electron chi connectivity index (χ2n) is 5.62. The third-order valence-electron chi connectivity index (χ3n) is 3.84. The number of imide groups is 1. The van der Waals surface area contributed by atoms with Gasteiger partial charge in [0.15, 0.2) is 0 Å². The molecule has 5 nitrogen and oxygen atoms in total. The summed E-state index contributed by atoms with van der Waals surface area (Å²) in [6.07, 6.45) is 10.4. The van der Waals surface area contributed by atoms with Crippen LogP contribution in [0.5, 0.6) is 0 Å². The first-order valence-electron chi connectivity index (χ1n) is 7.86. The monoisotopic (exact) mass is 284 g/mol. The minimum absolute atomic E-state index is 0.0115. The molecular formula is C15H28N2O3. The molecule has 1 rings (SSSR count). The molecule has 5 heteroatoms. The van der Waals surface area contributed by atoms with E-state index >= 15 is 0 Å². The van der Waals surface area contributed by atoms with Crippen LogP contribution in [0.2, 0.25) is 0 Å². The van der Waals surface area contributed by atoms with Gasteiger partial charge in [-0.3, -0.25) is 14.9 Å². The van der Waals surface area contributed by atoms with Gasteiger partial charge in [-0.15, -0.1) is 0 Å². The fourth-order valence-electron chi connectivity index (χ4n) is 2.74. The minimum atomic E-state index is -0.323. The summed E-state index contributed by atoms with van der Waals surface area (Å²) in [7, 11) is 0. The van der Waals surface area contributed by atoms with Crippen LogP contribution in [0.15, 0.2) is 0 Å². The first kappa shape index (κ1) is 17.1. The molecule has 0 spiro atoms. The molecule has 0 bridgehead atoms. The first-order chi connectivity index (χ1) is 9.72. The van der Waals surface area contributed by atoms with Crippen molar-refractivity contribution < 1.29 is 14.7 Å². The molecule has 0 saturated heterocycles. The Labute approximate surface area is 121 Å². The molecule has 0 aromatic heterocycles. The molecule has 20 heavy (non-hydrogen) atoms. The average Bonchev–Trinajstić information content (AvgIpc) is 2.45. The van der Waals surface area contributed by atoms with Crippen molar-refractivity contribution in [3.8, 4) is 0 Å². The molecule has 1 aliphatic rings. The number of rotatable bonds is 9. The van der Waals surface area contributed by atoms with Crippen molar-refractivity contribution in [2.24, 2.45) is 5.92 Å². The van der Waals surface area contributed by atoms with Gasteiger partial charge >= 0.3 is 0 Å². The van der Waals surface area contributed by atoms with E-state index in [1.165, 1.54) is 38.5 Å². The maximum absolute atomic E-state index is 11.5. The van der Waals surface area contributed by atoms with Gasteiger partial charge in [0.25, 0.3) is 0 Å². The minimum Gasteiger partial charge on any atom is -0.395 e. The molecule has 1 aliphatic carbocycles. The summed E-state index contributed by atoms with van der Waals surface area (Å²) in [5, 5.41) is 13.6. The molecule has 0 atom stereocenters. The third kappa shape index (κ3) is 8.27. The molecule has 0 heterocycles. The fraction of sp³-hybridized carbons (Fsp3) is 0.867. The van der Waals surface area contributed by atoms with Crippen molar-refractivity contribution in [2.45, 2.75) is 57.8 Å². The van der Waals surface area contributed by atoms with Crippen molar-refractivity contribution in [2.75, 3.05) is 19.7 Å². The predicted molar refractivity (Wildman–Crippen MR) is 78.1 cm³/mol. The zero-order valence-electron chi connectivity index (χ0n) is 12.3. The molecule has 1 fully saturated rings. The van der Waals surface area contributed by atoms with Crippen LogP contribution in [0.1, 0.15) is 57.8 Å². The van der Waals surface area contributed by atoms with E-state index in [0.29, 0.717) is 13.0 Å². The van der Waals surface area contributed by atoms with Gasteiger partial charge in [-0.25, -0.2) is 0 Å². The quantitative estimate of drug-likeness (QED) is 0.559. The smallest absolute Gasteiger partial charge is 0.240 e. The van der Waals surface area contributed by atoms with E-state index in [-0.39, 0.29) is 25.0 Å². The van der Waals surface area contributed by atoms with Crippen molar-refractivity contribution in [1.29, 1.82) is 0 Å². The van der Waals surface area contributed by atoms with Gasteiger partial charge in [0.1, 0.15) is 0 Å². The van der Waals surface area contributed by atoms with Gasteiger partial charge in [0.05, 0.1) is 13.2 Å². The number of aliphatic hydroxyl groups is 1. The molecule has 0 aromatic carbocycles. The highest BCUT2D eigenvalue weighted by molar-refractivity contribution is 5.96. The highest BCUT2D eigenvalue weighted by Crippen LogP contribution is 2.27. The second kappa shape index (κ2) is 10.8. The Morgan fingerprint density at radius 3 is 2.50 bits per heavy atom. The molecule has 1 saturated carbocycles. The molecule has 0 radical (unpaired) electrons. The van der Waals surface area contributed by atoms with Gasteiger partial charge in [-0.2, -0.15) is 0 Å². The van der Waals surface area contributed by atoms with Crippen LogP contribution >= 0.6 is 0 Å². The van der Waals surface area contributed by atoms with Gasteiger partial charge in [-0.05, 0) is 12.3 Å². The highest BCUT2D eigenvalue weighted by Gasteiger charge is 2.13. The van der Waals surface area contributed by atoms with E-state index in [1.54, 1.807) is 0 Å². The maximum Gasteiger partial charge on any atom is 0.240 e. The summed E-state index contributed by atoms with van der Waals surface area (Å²) < 4.78 is 0. The molecular weight excluding hydrogens is 256 g/mol. The summed E-state index contributed by atoms with van der Waals surface area (Å²) in [6.45, 7) is 0.430. The topological polar surface area (TPSA) is 78.4 Å². The van der Waals surface area contributed by atoms with Crippen LogP contribution in [0, 0.1) is 5.92 Å². The number of hydrogen-bond acceptors (Lipinski definition) is 4. The van der Waals surface area contributed by atoms with Crippen LogP contribution in [0.4, 0.5) is 0 Å². The predicted octanol–water partition coefficient (Wildman–Crippen LogP) is 1.35. The Morgan fingerprint density at radius 1 is 1.05 bits per heavy atom. The van der Waals surface area contributed by atoms with Crippen LogP contribution in [0.3, 0.4) is 0 Å². The second-order valence-corrected chi connectivity index (χ2v) is 5.62. The summed E-state index contributed by atoms with van der Waals surface area (Å²) >= 11 is 0. The molecule has 3 N–H and O–H groups in total. The summed E-state index contributed by atoms with van der Waals surface area (Å²) in [4.78, 5) is 22.9. The Bertz CT molecular complexity index is 289. The molecule has 116 valence electrons. The summed E-state index contributed by atoms with van der Waals surface area (Å²) in [5.41, 5.74) is 0. The number of carbonyl (C=O) groups is 2. The van der Waals surface area contributed by atoms with Crippen LogP contribution < -0.4 is 10.6 Å². The van der Waals surface area contributed by atoms with Crippen molar-refractivity contribution >= 4 is 11.8 Å². The Hall–Kier alpha value is -0.940.